The lowest BCUT2D eigenvalue weighted by atomic mass is 10.2. The van der Waals surface area contributed by atoms with Gasteiger partial charge in [0.25, 0.3) is 0 Å². The Bertz CT molecular complexity index is 491. The van der Waals surface area contributed by atoms with Gasteiger partial charge in [-0.05, 0) is 52.5 Å². The highest BCUT2D eigenvalue weighted by atomic mass is 79.9. The Balaban J connectivity index is 2.27. The van der Waals surface area contributed by atoms with Crippen LogP contribution in [-0.4, -0.2) is 6.54 Å². The summed E-state index contributed by atoms with van der Waals surface area (Å²) in [6.45, 7) is 5.27. The Morgan fingerprint density at radius 3 is 2.72 bits per heavy atom. The third kappa shape index (κ3) is 3.05. The molecule has 2 heterocycles. The van der Waals surface area contributed by atoms with Crippen LogP contribution in [0.4, 0.5) is 0 Å². The number of halogens is 1. The van der Waals surface area contributed by atoms with Crippen molar-refractivity contribution < 1.29 is 4.42 Å². The van der Waals surface area contributed by atoms with Crippen LogP contribution in [0.15, 0.2) is 32.5 Å². The molecule has 1 N–H and O–H groups in total. The van der Waals surface area contributed by atoms with E-state index in [1.54, 1.807) is 11.3 Å². The molecule has 4 heteroatoms. The Hall–Kier alpha value is -0.580. The molecule has 2 aromatic heterocycles. The van der Waals surface area contributed by atoms with E-state index in [-0.39, 0.29) is 6.04 Å². The van der Waals surface area contributed by atoms with Crippen molar-refractivity contribution in [1.82, 2.24) is 5.32 Å². The monoisotopic (exact) mass is 327 g/mol. The minimum atomic E-state index is 0.152. The quantitative estimate of drug-likeness (QED) is 0.827. The van der Waals surface area contributed by atoms with E-state index in [1.165, 1.54) is 4.88 Å². The molecule has 0 fully saturated rings. The molecule has 0 aliphatic heterocycles. The van der Waals surface area contributed by atoms with E-state index in [4.69, 9.17) is 4.42 Å². The molecule has 2 aromatic rings. The van der Waals surface area contributed by atoms with E-state index >= 15 is 0 Å². The van der Waals surface area contributed by atoms with E-state index in [9.17, 15) is 0 Å². The van der Waals surface area contributed by atoms with Gasteiger partial charge in [-0.2, -0.15) is 0 Å². The molecule has 0 aromatic carbocycles. The number of hydrogen-bond acceptors (Lipinski definition) is 3. The van der Waals surface area contributed by atoms with Gasteiger partial charge >= 0.3 is 0 Å². The van der Waals surface area contributed by atoms with Crippen molar-refractivity contribution in [2.45, 2.75) is 32.7 Å². The summed E-state index contributed by atoms with van der Waals surface area (Å²) < 4.78 is 7.04. The van der Waals surface area contributed by atoms with Crippen molar-refractivity contribution in [2.24, 2.45) is 0 Å². The third-order valence-corrected chi connectivity index (χ3v) is 4.76. The molecule has 0 amide bonds. The summed E-state index contributed by atoms with van der Waals surface area (Å²) in [4.78, 5) is 1.28. The molecule has 18 heavy (non-hydrogen) atoms. The van der Waals surface area contributed by atoms with Crippen molar-refractivity contribution in [3.8, 4) is 0 Å². The number of nitrogens with one attached hydrogen (secondary N) is 1. The smallest absolute Gasteiger partial charge is 0.126 e. The lowest BCUT2D eigenvalue weighted by Gasteiger charge is -2.15. The Morgan fingerprint density at radius 1 is 1.33 bits per heavy atom. The second kappa shape index (κ2) is 6.55. The largest absolute Gasteiger partial charge is 0.464 e. The van der Waals surface area contributed by atoms with Crippen LogP contribution in [0.3, 0.4) is 0 Å². The fourth-order valence-corrected chi connectivity index (χ4v) is 3.55. The van der Waals surface area contributed by atoms with Crippen LogP contribution >= 0.6 is 27.3 Å². The number of aryl methyl sites for hydroxylation is 1. The van der Waals surface area contributed by atoms with Gasteiger partial charge in [0.1, 0.15) is 17.6 Å². The van der Waals surface area contributed by atoms with Crippen LogP contribution < -0.4 is 5.32 Å². The van der Waals surface area contributed by atoms with Crippen molar-refractivity contribution in [3.05, 3.63) is 44.4 Å². The molecule has 98 valence electrons. The normalized spacial score (nSPS) is 12.8. The molecule has 0 radical (unpaired) electrons. The average Bonchev–Trinajstić information content (AvgIpc) is 3.00. The van der Waals surface area contributed by atoms with Gasteiger partial charge in [0, 0.05) is 15.8 Å². The molecule has 1 atom stereocenters. The second-order valence-electron chi connectivity index (χ2n) is 4.18. The molecule has 0 bridgehead atoms. The minimum Gasteiger partial charge on any atom is -0.464 e. The third-order valence-electron chi connectivity index (χ3n) is 2.82. The Labute approximate surface area is 121 Å². The molecule has 0 spiro atoms. The fraction of sp³-hybridized carbons (Fsp3) is 0.429. The molecule has 2 rings (SSSR count). The van der Waals surface area contributed by atoms with E-state index in [1.807, 2.05) is 0 Å². The first-order valence-electron chi connectivity index (χ1n) is 6.31. The molecule has 2 nitrogen and oxygen atoms in total. The molecule has 1 unspecified atom stereocenters. The second-order valence-corrected chi connectivity index (χ2v) is 5.98. The summed E-state index contributed by atoms with van der Waals surface area (Å²) in [6.07, 6.45) is 2.05. The molecular formula is C14H18BrNOS. The van der Waals surface area contributed by atoms with Crippen LogP contribution in [0.5, 0.6) is 0 Å². The van der Waals surface area contributed by atoms with Crippen LogP contribution in [0, 0.1) is 0 Å². The zero-order valence-corrected chi connectivity index (χ0v) is 13.1. The maximum atomic E-state index is 5.89. The Morgan fingerprint density at radius 2 is 2.17 bits per heavy atom. The van der Waals surface area contributed by atoms with Gasteiger partial charge in [-0.3, -0.25) is 0 Å². The number of hydrogen-bond donors (Lipinski definition) is 1. The van der Waals surface area contributed by atoms with Crippen LogP contribution in [-0.2, 0) is 6.42 Å². The van der Waals surface area contributed by atoms with Crippen LogP contribution in [0.1, 0.15) is 42.7 Å². The maximum absolute atomic E-state index is 5.89. The summed E-state index contributed by atoms with van der Waals surface area (Å²) in [5, 5.41) is 5.65. The van der Waals surface area contributed by atoms with E-state index in [0.29, 0.717) is 0 Å². The highest BCUT2D eigenvalue weighted by Gasteiger charge is 2.20. The van der Waals surface area contributed by atoms with Crippen molar-refractivity contribution in [1.29, 1.82) is 0 Å². The molecule has 0 aliphatic rings. The molecule has 0 saturated heterocycles. The highest BCUT2D eigenvalue weighted by molar-refractivity contribution is 9.10. The minimum absolute atomic E-state index is 0.152. The summed E-state index contributed by atoms with van der Waals surface area (Å²) >= 11 is 5.36. The zero-order chi connectivity index (χ0) is 13.0. The van der Waals surface area contributed by atoms with E-state index in [0.717, 1.165) is 35.4 Å². The SMILES string of the molecule is CCCNC(c1ccc(CC)o1)c1sccc1Br. The summed E-state index contributed by atoms with van der Waals surface area (Å²) in [7, 11) is 0. The summed E-state index contributed by atoms with van der Waals surface area (Å²) in [5.41, 5.74) is 0. The van der Waals surface area contributed by atoms with Crippen molar-refractivity contribution in [2.75, 3.05) is 6.54 Å². The van der Waals surface area contributed by atoms with Crippen molar-refractivity contribution >= 4 is 27.3 Å². The number of thiophene rings is 1. The topological polar surface area (TPSA) is 25.2 Å². The Kier molecular flexibility index (Phi) is 5.03. The van der Waals surface area contributed by atoms with Gasteiger partial charge in [-0.25, -0.2) is 0 Å². The zero-order valence-electron chi connectivity index (χ0n) is 10.7. The first-order valence-corrected chi connectivity index (χ1v) is 7.98. The lowest BCUT2D eigenvalue weighted by molar-refractivity contribution is 0.424. The van der Waals surface area contributed by atoms with Gasteiger partial charge in [-0.1, -0.05) is 13.8 Å². The lowest BCUT2D eigenvalue weighted by Crippen LogP contribution is -2.22. The summed E-state index contributed by atoms with van der Waals surface area (Å²) in [5.74, 6) is 2.05. The maximum Gasteiger partial charge on any atom is 0.126 e. The molecular weight excluding hydrogens is 310 g/mol. The highest BCUT2D eigenvalue weighted by Crippen LogP contribution is 2.34. The predicted molar refractivity (Wildman–Crippen MR) is 80.2 cm³/mol. The van der Waals surface area contributed by atoms with Crippen LogP contribution in [0.25, 0.3) is 0 Å². The molecule has 0 aliphatic carbocycles. The standard InChI is InChI=1S/C14H18BrNOS/c1-3-8-16-13(14-11(15)7-9-18-14)12-6-5-10(4-2)17-12/h5-7,9,13,16H,3-4,8H2,1-2H3. The van der Waals surface area contributed by atoms with Crippen LogP contribution in [0.2, 0.25) is 0 Å². The molecule has 0 saturated carbocycles. The van der Waals surface area contributed by atoms with Gasteiger partial charge in [0.05, 0.1) is 0 Å². The van der Waals surface area contributed by atoms with E-state index < -0.39 is 0 Å². The van der Waals surface area contributed by atoms with Gasteiger partial charge in [0.15, 0.2) is 0 Å². The first kappa shape index (κ1) is 13.8. The van der Waals surface area contributed by atoms with Gasteiger partial charge in [0.2, 0.25) is 0 Å². The first-order chi connectivity index (χ1) is 8.76. The number of furan rings is 1. The van der Waals surface area contributed by atoms with Gasteiger partial charge < -0.3 is 9.73 Å². The predicted octanol–water partition coefficient (Wildman–Crippen LogP) is 4.76. The van der Waals surface area contributed by atoms with Gasteiger partial charge in [-0.15, -0.1) is 11.3 Å². The van der Waals surface area contributed by atoms with Crippen molar-refractivity contribution in [3.63, 3.8) is 0 Å². The van der Waals surface area contributed by atoms with E-state index in [2.05, 4.69) is 58.7 Å². The number of rotatable bonds is 6. The fourth-order valence-electron chi connectivity index (χ4n) is 1.86. The summed E-state index contributed by atoms with van der Waals surface area (Å²) in [6, 6.07) is 6.39. The average molecular weight is 328 g/mol.